The van der Waals surface area contributed by atoms with Gasteiger partial charge in [0.25, 0.3) is 5.91 Å². The highest BCUT2D eigenvalue weighted by Gasteiger charge is 2.23. The molecule has 2 aromatic heterocycles. The van der Waals surface area contributed by atoms with E-state index in [0.717, 1.165) is 11.3 Å². The molecule has 0 saturated carbocycles. The Morgan fingerprint density at radius 3 is 2.64 bits per heavy atom. The molecule has 0 spiro atoms. The minimum absolute atomic E-state index is 0.204. The van der Waals surface area contributed by atoms with Crippen LogP contribution >= 0.6 is 11.3 Å². The van der Waals surface area contributed by atoms with E-state index in [-0.39, 0.29) is 17.9 Å². The summed E-state index contributed by atoms with van der Waals surface area (Å²) in [5.41, 5.74) is 2.89. The summed E-state index contributed by atoms with van der Waals surface area (Å²) in [5.74, 6) is -0.204. The molecular weight excluding hydrogens is 296 g/mol. The second-order valence-corrected chi connectivity index (χ2v) is 7.21. The van der Waals surface area contributed by atoms with E-state index >= 15 is 0 Å². The first kappa shape index (κ1) is 16.6. The quantitative estimate of drug-likeness (QED) is 0.909. The molecule has 2 N–H and O–H groups in total. The number of hydrogen-bond acceptors (Lipinski definition) is 4. The second-order valence-electron chi connectivity index (χ2n) is 6.43. The van der Waals surface area contributed by atoms with E-state index in [1.165, 1.54) is 0 Å². The molecule has 22 heavy (non-hydrogen) atoms. The zero-order valence-electron chi connectivity index (χ0n) is 13.4. The van der Waals surface area contributed by atoms with Crippen LogP contribution in [-0.4, -0.2) is 28.6 Å². The molecular formula is C17H22N2O2S. The van der Waals surface area contributed by atoms with Crippen LogP contribution < -0.4 is 5.32 Å². The number of hydrogen-bond donors (Lipinski definition) is 2. The fraction of sp³-hybridized carbons (Fsp3) is 0.412. The number of aliphatic hydroxyl groups is 1. The van der Waals surface area contributed by atoms with Crippen molar-refractivity contribution in [2.75, 3.05) is 6.54 Å². The van der Waals surface area contributed by atoms with Gasteiger partial charge >= 0.3 is 0 Å². The Balaban J connectivity index is 2.08. The van der Waals surface area contributed by atoms with Crippen LogP contribution in [0.1, 0.15) is 36.8 Å². The maximum absolute atomic E-state index is 12.2. The summed E-state index contributed by atoms with van der Waals surface area (Å²) in [6.45, 7) is 7.86. The Kier molecular flexibility index (Phi) is 4.98. The largest absolute Gasteiger partial charge is 0.391 e. The smallest absolute Gasteiger partial charge is 0.253 e. The summed E-state index contributed by atoms with van der Waals surface area (Å²) in [6.07, 6.45) is -0.588. The number of aromatic nitrogens is 1. The molecule has 0 aliphatic rings. The van der Waals surface area contributed by atoms with Crippen molar-refractivity contribution in [3.8, 4) is 11.3 Å². The molecule has 0 fully saturated rings. The standard InChI is InChI=1S/C17H22N2O2S/c1-11-13(16(21)18-9-15(20)17(2,3)4)5-6-14(19-11)12-7-8-22-10-12/h5-8,10,15,20H,9H2,1-4H3,(H,18,21). The number of thiophene rings is 1. The lowest BCUT2D eigenvalue weighted by molar-refractivity contribution is 0.0586. The van der Waals surface area contributed by atoms with Crippen molar-refractivity contribution in [3.05, 3.63) is 40.2 Å². The molecule has 0 bridgehead atoms. The van der Waals surface area contributed by atoms with Gasteiger partial charge in [0.2, 0.25) is 0 Å². The molecule has 0 radical (unpaired) electrons. The minimum atomic E-state index is -0.588. The number of nitrogens with zero attached hydrogens (tertiary/aromatic N) is 1. The van der Waals surface area contributed by atoms with Gasteiger partial charge in [-0.15, -0.1) is 0 Å². The van der Waals surface area contributed by atoms with E-state index in [1.807, 2.05) is 50.6 Å². The molecule has 118 valence electrons. The van der Waals surface area contributed by atoms with Crippen LogP contribution in [-0.2, 0) is 0 Å². The molecule has 2 rings (SSSR count). The van der Waals surface area contributed by atoms with E-state index < -0.39 is 6.10 Å². The number of pyridine rings is 1. The summed E-state index contributed by atoms with van der Waals surface area (Å²) in [5, 5.41) is 16.8. The fourth-order valence-corrected chi connectivity index (χ4v) is 2.61. The predicted octanol–water partition coefficient (Wildman–Crippen LogP) is 3.26. The van der Waals surface area contributed by atoms with Crippen LogP contribution in [0.3, 0.4) is 0 Å². The van der Waals surface area contributed by atoms with Gasteiger partial charge in [-0.05, 0) is 35.9 Å². The van der Waals surface area contributed by atoms with Gasteiger partial charge in [0.15, 0.2) is 0 Å². The van der Waals surface area contributed by atoms with Crippen molar-refractivity contribution in [1.82, 2.24) is 10.3 Å². The molecule has 4 nitrogen and oxygen atoms in total. The Labute approximate surface area is 135 Å². The Bertz CT molecular complexity index is 645. The van der Waals surface area contributed by atoms with Crippen LogP contribution in [0.5, 0.6) is 0 Å². The molecule has 0 aromatic carbocycles. The van der Waals surface area contributed by atoms with E-state index in [0.29, 0.717) is 11.3 Å². The summed E-state index contributed by atoms with van der Waals surface area (Å²) in [4.78, 5) is 16.7. The van der Waals surface area contributed by atoms with E-state index in [1.54, 1.807) is 17.4 Å². The first-order valence-corrected chi connectivity index (χ1v) is 8.20. The molecule has 0 saturated heterocycles. The maximum Gasteiger partial charge on any atom is 0.253 e. The average Bonchev–Trinajstić information content (AvgIpc) is 2.97. The third-order valence-electron chi connectivity index (χ3n) is 3.60. The van der Waals surface area contributed by atoms with Crippen molar-refractivity contribution in [2.24, 2.45) is 5.41 Å². The zero-order valence-corrected chi connectivity index (χ0v) is 14.2. The summed E-state index contributed by atoms with van der Waals surface area (Å²) < 4.78 is 0. The van der Waals surface area contributed by atoms with E-state index in [9.17, 15) is 9.90 Å². The fourth-order valence-electron chi connectivity index (χ4n) is 1.96. The van der Waals surface area contributed by atoms with Gasteiger partial charge < -0.3 is 10.4 Å². The molecule has 0 aliphatic heterocycles. The zero-order chi connectivity index (χ0) is 16.3. The van der Waals surface area contributed by atoms with Gasteiger partial charge in [-0.3, -0.25) is 9.78 Å². The van der Waals surface area contributed by atoms with Crippen molar-refractivity contribution in [2.45, 2.75) is 33.8 Å². The number of aliphatic hydroxyl groups excluding tert-OH is 1. The van der Waals surface area contributed by atoms with Gasteiger partial charge in [-0.1, -0.05) is 20.8 Å². The highest BCUT2D eigenvalue weighted by atomic mass is 32.1. The van der Waals surface area contributed by atoms with Gasteiger partial charge in [0, 0.05) is 17.5 Å². The first-order chi connectivity index (χ1) is 10.3. The van der Waals surface area contributed by atoms with Crippen LogP contribution in [0.4, 0.5) is 0 Å². The van der Waals surface area contributed by atoms with Gasteiger partial charge in [-0.25, -0.2) is 0 Å². The first-order valence-electron chi connectivity index (χ1n) is 7.25. The topological polar surface area (TPSA) is 62.2 Å². The molecule has 5 heteroatoms. The predicted molar refractivity (Wildman–Crippen MR) is 90.1 cm³/mol. The Hall–Kier alpha value is -1.72. The highest BCUT2D eigenvalue weighted by Crippen LogP contribution is 2.22. The molecule has 2 heterocycles. The lowest BCUT2D eigenvalue weighted by Crippen LogP contribution is -2.39. The summed E-state index contributed by atoms with van der Waals surface area (Å²) >= 11 is 1.62. The SMILES string of the molecule is Cc1nc(-c2ccsc2)ccc1C(=O)NCC(O)C(C)(C)C. The monoisotopic (exact) mass is 318 g/mol. The van der Waals surface area contributed by atoms with Crippen molar-refractivity contribution < 1.29 is 9.90 Å². The minimum Gasteiger partial charge on any atom is -0.391 e. The number of rotatable bonds is 4. The lowest BCUT2D eigenvalue weighted by Gasteiger charge is -2.26. The number of aryl methyl sites for hydroxylation is 1. The number of nitrogens with one attached hydrogen (secondary N) is 1. The third-order valence-corrected chi connectivity index (χ3v) is 4.29. The summed E-state index contributed by atoms with van der Waals surface area (Å²) in [7, 11) is 0. The van der Waals surface area contributed by atoms with Gasteiger partial charge in [0.05, 0.1) is 23.1 Å². The summed E-state index contributed by atoms with van der Waals surface area (Å²) in [6, 6.07) is 5.64. The highest BCUT2D eigenvalue weighted by molar-refractivity contribution is 7.08. The molecule has 1 amide bonds. The van der Waals surface area contributed by atoms with Crippen LogP contribution in [0.2, 0.25) is 0 Å². The van der Waals surface area contributed by atoms with E-state index in [4.69, 9.17) is 0 Å². The number of carbonyl (C=O) groups is 1. The number of amides is 1. The normalized spacial score (nSPS) is 13.0. The van der Waals surface area contributed by atoms with Crippen molar-refractivity contribution in [1.29, 1.82) is 0 Å². The van der Waals surface area contributed by atoms with Gasteiger partial charge in [-0.2, -0.15) is 11.3 Å². The third kappa shape index (κ3) is 3.93. The molecule has 0 aliphatic carbocycles. The van der Waals surface area contributed by atoms with Gasteiger partial charge in [0.1, 0.15) is 0 Å². The van der Waals surface area contributed by atoms with Crippen molar-refractivity contribution >= 4 is 17.2 Å². The lowest BCUT2D eigenvalue weighted by atomic mass is 9.89. The average molecular weight is 318 g/mol. The maximum atomic E-state index is 12.2. The Morgan fingerprint density at radius 1 is 1.36 bits per heavy atom. The van der Waals surface area contributed by atoms with Crippen LogP contribution in [0, 0.1) is 12.3 Å². The van der Waals surface area contributed by atoms with E-state index in [2.05, 4.69) is 10.3 Å². The molecule has 1 unspecified atom stereocenters. The van der Waals surface area contributed by atoms with Crippen LogP contribution in [0.25, 0.3) is 11.3 Å². The van der Waals surface area contributed by atoms with Crippen molar-refractivity contribution in [3.63, 3.8) is 0 Å². The second kappa shape index (κ2) is 6.58. The number of carbonyl (C=O) groups excluding carboxylic acids is 1. The van der Waals surface area contributed by atoms with Crippen LogP contribution in [0.15, 0.2) is 29.0 Å². The molecule has 1 atom stereocenters. The Morgan fingerprint density at radius 2 is 2.09 bits per heavy atom. The molecule has 2 aromatic rings.